The minimum absolute atomic E-state index is 0.442. The van der Waals surface area contributed by atoms with E-state index in [1.807, 2.05) is 16.9 Å². The Balaban J connectivity index is 1.92. The summed E-state index contributed by atoms with van der Waals surface area (Å²) in [7, 11) is 0. The molecule has 1 aromatic carbocycles. The van der Waals surface area contributed by atoms with E-state index in [0.717, 1.165) is 25.3 Å². The summed E-state index contributed by atoms with van der Waals surface area (Å²) in [4.78, 5) is 2.43. The Morgan fingerprint density at radius 1 is 1.25 bits per heavy atom. The van der Waals surface area contributed by atoms with Gasteiger partial charge in [0.1, 0.15) is 0 Å². The molecule has 5 heteroatoms. The highest BCUT2D eigenvalue weighted by molar-refractivity contribution is 5.14. The molecule has 108 valence electrons. The first-order chi connectivity index (χ1) is 9.69. The maximum atomic E-state index is 5.54. The zero-order valence-electron chi connectivity index (χ0n) is 12.2. The normalized spacial score (nSPS) is 11.4. The summed E-state index contributed by atoms with van der Waals surface area (Å²) in [5.74, 6) is 0. The highest BCUT2D eigenvalue weighted by Gasteiger charge is 2.10. The maximum Gasteiger partial charge on any atom is 0.0962 e. The number of hydrogen-bond donors (Lipinski definition) is 1. The van der Waals surface area contributed by atoms with Gasteiger partial charge in [-0.15, -0.1) is 5.10 Å². The van der Waals surface area contributed by atoms with Crippen LogP contribution in [0.25, 0.3) is 0 Å². The van der Waals surface area contributed by atoms with Crippen LogP contribution in [0.1, 0.15) is 25.1 Å². The predicted molar refractivity (Wildman–Crippen MR) is 79.9 cm³/mol. The van der Waals surface area contributed by atoms with Gasteiger partial charge in [-0.2, -0.15) is 0 Å². The molecule has 1 heterocycles. The van der Waals surface area contributed by atoms with Gasteiger partial charge in [-0.25, -0.2) is 0 Å². The second kappa shape index (κ2) is 7.17. The summed E-state index contributed by atoms with van der Waals surface area (Å²) in [6, 6.07) is 11.0. The number of hydrogen-bond acceptors (Lipinski definition) is 4. The third kappa shape index (κ3) is 4.15. The molecule has 0 radical (unpaired) electrons. The van der Waals surface area contributed by atoms with Crippen molar-refractivity contribution >= 4 is 0 Å². The van der Waals surface area contributed by atoms with Crippen LogP contribution in [-0.4, -0.2) is 32.5 Å². The van der Waals surface area contributed by atoms with Crippen molar-refractivity contribution < 1.29 is 0 Å². The zero-order chi connectivity index (χ0) is 14.4. The van der Waals surface area contributed by atoms with Crippen LogP contribution >= 0.6 is 0 Å². The lowest BCUT2D eigenvalue weighted by Crippen LogP contribution is -2.33. The van der Waals surface area contributed by atoms with Gasteiger partial charge in [-0.05, 0) is 19.4 Å². The molecule has 0 amide bonds. The van der Waals surface area contributed by atoms with Gasteiger partial charge in [0, 0.05) is 31.9 Å². The first kappa shape index (κ1) is 14.7. The van der Waals surface area contributed by atoms with Gasteiger partial charge < -0.3 is 5.73 Å². The molecule has 0 saturated heterocycles. The lowest BCUT2D eigenvalue weighted by Gasteiger charge is -2.26. The van der Waals surface area contributed by atoms with E-state index in [1.165, 1.54) is 5.56 Å². The van der Waals surface area contributed by atoms with Crippen molar-refractivity contribution in [1.82, 2.24) is 19.9 Å². The van der Waals surface area contributed by atoms with Crippen molar-refractivity contribution in [2.24, 2.45) is 5.73 Å². The molecule has 2 aromatic rings. The van der Waals surface area contributed by atoms with Crippen LogP contribution < -0.4 is 5.73 Å². The Hall–Kier alpha value is -1.72. The third-order valence-electron chi connectivity index (χ3n) is 3.37. The van der Waals surface area contributed by atoms with E-state index in [4.69, 9.17) is 5.73 Å². The number of rotatable bonds is 7. The fourth-order valence-electron chi connectivity index (χ4n) is 2.11. The molecular formula is C15H23N5. The summed E-state index contributed by atoms with van der Waals surface area (Å²) < 4.78 is 1.86. The number of nitrogens with zero attached hydrogens (tertiary/aromatic N) is 4. The summed E-state index contributed by atoms with van der Waals surface area (Å²) in [6.07, 6.45) is 1.92. The highest BCUT2D eigenvalue weighted by Crippen LogP contribution is 2.08. The number of aromatic nitrogens is 3. The minimum Gasteiger partial charge on any atom is -0.325 e. The Kier molecular flexibility index (Phi) is 5.26. The maximum absolute atomic E-state index is 5.54. The lowest BCUT2D eigenvalue weighted by atomic mass is 10.2. The van der Waals surface area contributed by atoms with E-state index in [0.29, 0.717) is 12.6 Å². The molecule has 0 aliphatic heterocycles. The Morgan fingerprint density at radius 2 is 2.00 bits per heavy atom. The molecule has 2 rings (SSSR count). The molecule has 0 bridgehead atoms. The molecule has 0 aliphatic rings. The van der Waals surface area contributed by atoms with Crippen molar-refractivity contribution in [1.29, 1.82) is 0 Å². The van der Waals surface area contributed by atoms with Crippen molar-refractivity contribution in [3.8, 4) is 0 Å². The predicted octanol–water partition coefficient (Wildman–Crippen LogP) is 1.65. The van der Waals surface area contributed by atoms with Crippen molar-refractivity contribution in [3.05, 3.63) is 47.8 Å². The van der Waals surface area contributed by atoms with Gasteiger partial charge in [0.2, 0.25) is 0 Å². The standard InChI is InChI=1S/C15H23N5/c1-13(2)19(11-14-6-4-3-5-7-14)8-9-20-12-15(10-16)17-18-20/h3-7,12-13H,8-11,16H2,1-2H3. The average Bonchev–Trinajstić information content (AvgIpc) is 2.92. The third-order valence-corrected chi connectivity index (χ3v) is 3.37. The van der Waals surface area contributed by atoms with Gasteiger partial charge in [0.05, 0.1) is 12.2 Å². The van der Waals surface area contributed by atoms with E-state index in [1.54, 1.807) is 0 Å². The Bertz CT molecular complexity index is 506. The van der Waals surface area contributed by atoms with Crippen molar-refractivity contribution in [2.45, 2.75) is 39.5 Å². The van der Waals surface area contributed by atoms with Gasteiger partial charge in [0.25, 0.3) is 0 Å². The van der Waals surface area contributed by atoms with Gasteiger partial charge in [-0.3, -0.25) is 9.58 Å². The summed E-state index contributed by atoms with van der Waals surface area (Å²) in [5, 5.41) is 8.10. The van der Waals surface area contributed by atoms with Gasteiger partial charge in [-0.1, -0.05) is 35.5 Å². The van der Waals surface area contributed by atoms with E-state index in [2.05, 4.69) is 53.3 Å². The fraction of sp³-hybridized carbons (Fsp3) is 0.467. The first-order valence-corrected chi connectivity index (χ1v) is 7.06. The smallest absolute Gasteiger partial charge is 0.0962 e. The van der Waals surface area contributed by atoms with Crippen LogP contribution in [0.15, 0.2) is 36.5 Å². The monoisotopic (exact) mass is 273 g/mol. The largest absolute Gasteiger partial charge is 0.325 e. The quantitative estimate of drug-likeness (QED) is 0.833. The molecule has 0 unspecified atom stereocenters. The summed E-state index contributed by atoms with van der Waals surface area (Å²) in [6.45, 7) is 7.61. The van der Waals surface area contributed by atoms with Crippen molar-refractivity contribution in [2.75, 3.05) is 6.54 Å². The summed E-state index contributed by atoms with van der Waals surface area (Å²) in [5.41, 5.74) is 7.72. The Labute approximate surface area is 120 Å². The van der Waals surface area contributed by atoms with Crippen LogP contribution in [0.3, 0.4) is 0 Å². The van der Waals surface area contributed by atoms with Crippen LogP contribution in [0.2, 0.25) is 0 Å². The molecule has 0 fully saturated rings. The summed E-state index contributed by atoms with van der Waals surface area (Å²) >= 11 is 0. The van der Waals surface area contributed by atoms with Crippen LogP contribution in [0, 0.1) is 0 Å². The Morgan fingerprint density at radius 3 is 2.60 bits per heavy atom. The topological polar surface area (TPSA) is 60.0 Å². The van der Waals surface area contributed by atoms with E-state index >= 15 is 0 Å². The fourth-order valence-corrected chi connectivity index (χ4v) is 2.11. The van der Waals surface area contributed by atoms with E-state index < -0.39 is 0 Å². The highest BCUT2D eigenvalue weighted by atomic mass is 15.4. The van der Waals surface area contributed by atoms with Gasteiger partial charge in [0.15, 0.2) is 0 Å². The lowest BCUT2D eigenvalue weighted by molar-refractivity contribution is 0.201. The molecule has 5 nitrogen and oxygen atoms in total. The molecule has 0 aliphatic carbocycles. The van der Waals surface area contributed by atoms with E-state index in [9.17, 15) is 0 Å². The van der Waals surface area contributed by atoms with Crippen molar-refractivity contribution in [3.63, 3.8) is 0 Å². The molecule has 2 N–H and O–H groups in total. The minimum atomic E-state index is 0.442. The molecule has 0 atom stereocenters. The van der Waals surface area contributed by atoms with Crippen LogP contribution in [0.4, 0.5) is 0 Å². The number of benzene rings is 1. The SMILES string of the molecule is CC(C)N(CCn1cc(CN)nn1)Cc1ccccc1. The second-order valence-corrected chi connectivity index (χ2v) is 5.23. The number of nitrogens with two attached hydrogens (primary N) is 1. The van der Waals surface area contributed by atoms with E-state index in [-0.39, 0.29) is 0 Å². The molecule has 0 spiro atoms. The molecular weight excluding hydrogens is 250 g/mol. The van der Waals surface area contributed by atoms with Crippen LogP contribution in [-0.2, 0) is 19.6 Å². The van der Waals surface area contributed by atoms with Gasteiger partial charge >= 0.3 is 0 Å². The molecule has 0 saturated carbocycles. The molecule has 20 heavy (non-hydrogen) atoms. The average molecular weight is 273 g/mol. The second-order valence-electron chi connectivity index (χ2n) is 5.23. The molecule has 1 aromatic heterocycles. The first-order valence-electron chi connectivity index (χ1n) is 7.06. The zero-order valence-corrected chi connectivity index (χ0v) is 12.2. The van der Waals surface area contributed by atoms with Crippen LogP contribution in [0.5, 0.6) is 0 Å².